The number of benzene rings is 1. The number of nitrogens with zero attached hydrogens (tertiary/aromatic N) is 1. The van der Waals surface area contributed by atoms with Gasteiger partial charge in [-0.3, -0.25) is 14.4 Å². The number of rotatable bonds is 7. The number of halogens is 1. The fraction of sp³-hybridized carbons (Fsp3) is 0.500. The van der Waals surface area contributed by atoms with Crippen LogP contribution in [0.2, 0.25) is 0 Å². The zero-order valence-electron chi connectivity index (χ0n) is 15.5. The van der Waals surface area contributed by atoms with Crippen LogP contribution < -0.4 is 5.32 Å². The van der Waals surface area contributed by atoms with Gasteiger partial charge in [-0.1, -0.05) is 0 Å². The van der Waals surface area contributed by atoms with E-state index in [9.17, 15) is 27.2 Å². The largest absolute Gasteiger partial charge is 0.466 e. The van der Waals surface area contributed by atoms with Gasteiger partial charge in [0.2, 0.25) is 11.8 Å². The van der Waals surface area contributed by atoms with Crippen LogP contribution in [0, 0.1) is 11.7 Å². The van der Waals surface area contributed by atoms with Crippen LogP contribution in [0.4, 0.5) is 10.1 Å². The Bertz CT molecular complexity index is 817. The quantitative estimate of drug-likeness (QED) is 0.666. The molecule has 0 bridgehead atoms. The van der Waals surface area contributed by atoms with Crippen LogP contribution in [-0.2, 0) is 29.0 Å². The molecular weight excluding hydrogens is 391 g/mol. The minimum atomic E-state index is -3.97. The van der Waals surface area contributed by atoms with Crippen molar-refractivity contribution in [2.75, 3.05) is 36.5 Å². The van der Waals surface area contributed by atoms with Crippen molar-refractivity contribution in [3.63, 3.8) is 0 Å². The maximum absolute atomic E-state index is 12.8. The molecule has 0 atom stereocenters. The summed E-state index contributed by atoms with van der Waals surface area (Å²) in [5.41, 5.74) is 0.258. The molecule has 0 saturated carbocycles. The molecule has 1 N–H and O–H groups in total. The van der Waals surface area contributed by atoms with Gasteiger partial charge in [-0.05, 0) is 44.0 Å². The predicted octanol–water partition coefficient (Wildman–Crippen LogP) is 0.981. The fourth-order valence-corrected chi connectivity index (χ4v) is 4.02. The van der Waals surface area contributed by atoms with E-state index in [0.717, 1.165) is 12.1 Å². The highest BCUT2D eigenvalue weighted by atomic mass is 32.2. The molecule has 28 heavy (non-hydrogen) atoms. The van der Waals surface area contributed by atoms with Gasteiger partial charge < -0.3 is 15.0 Å². The smallest absolute Gasteiger partial charge is 0.309 e. The lowest BCUT2D eigenvalue weighted by molar-refractivity contribution is -0.151. The first-order valence-electron chi connectivity index (χ1n) is 8.90. The SMILES string of the molecule is CCOC(=O)C1CCN(C(=O)CS(=O)(=O)CC(=O)Nc2ccc(F)cc2)CC1. The summed E-state index contributed by atoms with van der Waals surface area (Å²) >= 11 is 0. The maximum atomic E-state index is 12.8. The summed E-state index contributed by atoms with van der Waals surface area (Å²) in [5.74, 6) is -4.12. The average molecular weight is 414 g/mol. The Kier molecular flexibility index (Phi) is 7.50. The average Bonchev–Trinajstić information content (AvgIpc) is 2.63. The number of hydrogen-bond donors (Lipinski definition) is 1. The second-order valence-corrected chi connectivity index (χ2v) is 8.56. The number of likely N-dealkylation sites (tertiary alicyclic amines) is 1. The first-order chi connectivity index (χ1) is 13.2. The van der Waals surface area contributed by atoms with Gasteiger partial charge in [0.05, 0.1) is 12.5 Å². The lowest BCUT2D eigenvalue weighted by atomic mass is 9.97. The second kappa shape index (κ2) is 9.63. The highest BCUT2D eigenvalue weighted by Gasteiger charge is 2.30. The van der Waals surface area contributed by atoms with Crippen LogP contribution in [0.25, 0.3) is 0 Å². The highest BCUT2D eigenvalue weighted by molar-refractivity contribution is 7.92. The third-order valence-electron chi connectivity index (χ3n) is 4.29. The number of carbonyl (C=O) groups excluding carboxylic acids is 3. The molecule has 154 valence electrons. The number of anilines is 1. The lowest BCUT2D eigenvalue weighted by Gasteiger charge is -2.30. The molecule has 1 aromatic rings. The van der Waals surface area contributed by atoms with Crippen molar-refractivity contribution >= 4 is 33.3 Å². The number of ether oxygens (including phenoxy) is 1. The Morgan fingerprint density at radius 1 is 1.14 bits per heavy atom. The number of piperidine rings is 1. The molecule has 0 aromatic heterocycles. The summed E-state index contributed by atoms with van der Waals surface area (Å²) < 4.78 is 42.1. The Morgan fingerprint density at radius 3 is 2.32 bits per heavy atom. The van der Waals surface area contributed by atoms with E-state index in [1.165, 1.54) is 17.0 Å². The first-order valence-corrected chi connectivity index (χ1v) is 10.7. The second-order valence-electron chi connectivity index (χ2n) is 6.49. The Balaban J connectivity index is 1.83. The van der Waals surface area contributed by atoms with E-state index in [1.54, 1.807) is 6.92 Å². The zero-order valence-corrected chi connectivity index (χ0v) is 16.3. The van der Waals surface area contributed by atoms with Gasteiger partial charge in [-0.2, -0.15) is 0 Å². The van der Waals surface area contributed by atoms with Gasteiger partial charge in [0, 0.05) is 18.8 Å². The molecule has 0 spiro atoms. The van der Waals surface area contributed by atoms with E-state index < -0.39 is 39.0 Å². The summed E-state index contributed by atoms with van der Waals surface area (Å²) in [5, 5.41) is 2.35. The van der Waals surface area contributed by atoms with E-state index in [0.29, 0.717) is 12.8 Å². The van der Waals surface area contributed by atoms with Crippen LogP contribution in [0.1, 0.15) is 19.8 Å². The number of esters is 1. The van der Waals surface area contributed by atoms with Gasteiger partial charge >= 0.3 is 5.97 Å². The fourth-order valence-electron chi connectivity index (χ4n) is 2.89. The van der Waals surface area contributed by atoms with Crippen LogP contribution in [0.5, 0.6) is 0 Å². The molecular formula is C18H23FN2O6S. The number of carbonyl (C=O) groups is 3. The molecule has 2 rings (SSSR count). The van der Waals surface area contributed by atoms with Crippen molar-refractivity contribution in [3.8, 4) is 0 Å². The lowest BCUT2D eigenvalue weighted by Crippen LogP contribution is -2.43. The van der Waals surface area contributed by atoms with Crippen LogP contribution in [0.15, 0.2) is 24.3 Å². The summed E-state index contributed by atoms with van der Waals surface area (Å²) in [6, 6.07) is 4.87. The van der Waals surface area contributed by atoms with Gasteiger partial charge in [-0.15, -0.1) is 0 Å². The van der Waals surface area contributed by atoms with Crippen molar-refractivity contribution in [1.29, 1.82) is 0 Å². The molecule has 1 aromatic carbocycles. The van der Waals surface area contributed by atoms with Crippen LogP contribution in [-0.4, -0.2) is 62.3 Å². The predicted molar refractivity (Wildman–Crippen MR) is 99.6 cm³/mol. The van der Waals surface area contributed by atoms with E-state index in [1.807, 2.05) is 0 Å². The molecule has 10 heteroatoms. The first kappa shape index (κ1) is 21.8. The van der Waals surface area contributed by atoms with Crippen molar-refractivity contribution in [2.45, 2.75) is 19.8 Å². The van der Waals surface area contributed by atoms with Gasteiger partial charge in [0.15, 0.2) is 9.84 Å². The molecule has 1 aliphatic heterocycles. The molecule has 1 heterocycles. The monoisotopic (exact) mass is 414 g/mol. The normalized spacial score (nSPS) is 15.1. The third kappa shape index (κ3) is 6.59. The zero-order chi connectivity index (χ0) is 20.7. The van der Waals surface area contributed by atoms with Crippen molar-refractivity contribution in [3.05, 3.63) is 30.1 Å². The molecule has 0 radical (unpaired) electrons. The summed E-state index contributed by atoms with van der Waals surface area (Å²) in [6.07, 6.45) is 0.825. The number of nitrogens with one attached hydrogen (secondary N) is 1. The highest BCUT2D eigenvalue weighted by Crippen LogP contribution is 2.19. The standard InChI is InChI=1S/C18H23FN2O6S/c1-2-27-18(24)13-7-9-21(10-8-13)17(23)12-28(25,26)11-16(22)20-15-5-3-14(19)4-6-15/h3-6,13H,2,7-12H2,1H3,(H,20,22). The van der Waals surface area contributed by atoms with E-state index in [4.69, 9.17) is 4.74 Å². The summed E-state index contributed by atoms with van der Waals surface area (Å²) in [6.45, 7) is 2.53. The molecule has 1 aliphatic rings. The molecule has 2 amide bonds. The Hall–Kier alpha value is -2.49. The summed E-state index contributed by atoms with van der Waals surface area (Å²) in [4.78, 5) is 37.2. The Labute approximate surface area is 163 Å². The van der Waals surface area contributed by atoms with E-state index >= 15 is 0 Å². The molecule has 0 unspecified atom stereocenters. The third-order valence-corrected chi connectivity index (χ3v) is 5.68. The van der Waals surface area contributed by atoms with Crippen molar-refractivity contribution in [2.24, 2.45) is 5.92 Å². The number of amides is 2. The molecule has 1 fully saturated rings. The maximum Gasteiger partial charge on any atom is 0.309 e. The van der Waals surface area contributed by atoms with Crippen LogP contribution in [0.3, 0.4) is 0 Å². The van der Waals surface area contributed by atoms with Crippen LogP contribution >= 0.6 is 0 Å². The van der Waals surface area contributed by atoms with Gasteiger partial charge in [-0.25, -0.2) is 12.8 Å². The van der Waals surface area contributed by atoms with Gasteiger partial charge in [0.1, 0.15) is 17.3 Å². The molecule has 1 saturated heterocycles. The number of hydrogen-bond acceptors (Lipinski definition) is 6. The minimum absolute atomic E-state index is 0.258. The van der Waals surface area contributed by atoms with E-state index in [-0.39, 0.29) is 37.3 Å². The topological polar surface area (TPSA) is 110 Å². The number of sulfone groups is 1. The van der Waals surface area contributed by atoms with Crippen molar-refractivity contribution in [1.82, 2.24) is 4.90 Å². The van der Waals surface area contributed by atoms with Gasteiger partial charge in [0.25, 0.3) is 0 Å². The van der Waals surface area contributed by atoms with E-state index in [2.05, 4.69) is 5.32 Å². The summed E-state index contributed by atoms with van der Waals surface area (Å²) in [7, 11) is -3.97. The minimum Gasteiger partial charge on any atom is -0.466 e. The van der Waals surface area contributed by atoms with Crippen molar-refractivity contribution < 1.29 is 31.9 Å². The Morgan fingerprint density at radius 2 is 1.75 bits per heavy atom. The molecule has 0 aliphatic carbocycles. The molecule has 8 nitrogen and oxygen atoms in total.